The van der Waals surface area contributed by atoms with Crippen LogP contribution in [0.25, 0.3) is 0 Å². The molecule has 13 nitrogen and oxygen atoms in total. The summed E-state index contributed by atoms with van der Waals surface area (Å²) in [6.07, 6.45) is 18.2. The van der Waals surface area contributed by atoms with Gasteiger partial charge in [-0.2, -0.15) is 5.21 Å². The number of hydrogen-bond donors (Lipinski definition) is 3. The van der Waals surface area contributed by atoms with Crippen molar-refractivity contribution < 1.29 is 33.3 Å². The summed E-state index contributed by atoms with van der Waals surface area (Å²) < 4.78 is 20.9. The number of unbranched alkanes of at least 4 members (excludes halogenated alkanes) is 12. The van der Waals surface area contributed by atoms with E-state index in [2.05, 4.69) is 31.3 Å². The van der Waals surface area contributed by atoms with E-state index >= 15 is 0 Å². The van der Waals surface area contributed by atoms with Crippen LogP contribution in [0.5, 0.6) is 0 Å². The molecule has 242 valence electrons. The minimum absolute atomic E-state index is 0.0473. The number of aldehydes is 1. The molecule has 0 spiro atoms. The Morgan fingerprint density at radius 2 is 1.17 bits per heavy atom. The quantitative estimate of drug-likeness (QED) is 0.0829. The van der Waals surface area contributed by atoms with Gasteiger partial charge in [-0.05, 0) is 12.8 Å². The fraction of sp³-hybridized carbons (Fsp3) is 0.862. The molecule has 0 saturated heterocycles. The predicted molar refractivity (Wildman–Crippen MR) is 158 cm³/mol. The lowest BCUT2D eigenvalue weighted by Crippen LogP contribution is -2.31. The molecule has 42 heavy (non-hydrogen) atoms. The zero-order valence-electron chi connectivity index (χ0n) is 25.5. The predicted octanol–water partition coefficient (Wildman–Crippen LogP) is 2.70. The van der Waals surface area contributed by atoms with E-state index in [0.29, 0.717) is 65.4 Å². The average Bonchev–Trinajstić information content (AvgIpc) is 3.51. The number of H-pyrrole nitrogens is 1. The number of amides is 2. The maximum atomic E-state index is 11.9. The van der Waals surface area contributed by atoms with Crippen LogP contribution in [-0.2, 0) is 39.8 Å². The summed E-state index contributed by atoms with van der Waals surface area (Å²) in [6, 6.07) is 0. The number of nitrogens with one attached hydrogen (secondary N) is 3. The third-order valence-corrected chi connectivity index (χ3v) is 6.49. The molecule has 13 heteroatoms. The van der Waals surface area contributed by atoms with E-state index in [1.165, 1.54) is 64.2 Å². The summed E-state index contributed by atoms with van der Waals surface area (Å²) in [7, 11) is 0. The van der Waals surface area contributed by atoms with Crippen LogP contribution in [0.15, 0.2) is 0 Å². The molecule has 0 aliphatic rings. The van der Waals surface area contributed by atoms with Crippen molar-refractivity contribution in [2.45, 2.75) is 96.3 Å². The second-order valence-electron chi connectivity index (χ2n) is 10.1. The van der Waals surface area contributed by atoms with E-state index in [-0.39, 0.29) is 25.0 Å². The smallest absolute Gasteiger partial charge is 0.246 e. The third-order valence-electron chi connectivity index (χ3n) is 6.49. The van der Waals surface area contributed by atoms with E-state index in [9.17, 15) is 14.4 Å². The van der Waals surface area contributed by atoms with Gasteiger partial charge in [0.2, 0.25) is 11.8 Å². The Morgan fingerprint density at radius 3 is 1.74 bits per heavy atom. The number of ether oxygens (including phenoxy) is 4. The molecule has 1 aromatic heterocycles. The molecule has 0 fully saturated rings. The average molecular weight is 599 g/mol. The van der Waals surface area contributed by atoms with Gasteiger partial charge < -0.3 is 34.4 Å². The molecule has 0 radical (unpaired) electrons. The SMILES string of the molecule is O=CCOCCOCCNC(=O)COCCOCCNC(=O)CCCCCCCCCCCCCCCc1nn[nH]n1. The number of carbonyl (C=O) groups excluding carboxylic acids is 3. The lowest BCUT2D eigenvalue weighted by atomic mass is 10.0. The molecule has 2 amide bonds. The molecule has 3 N–H and O–H groups in total. The number of aryl methyl sites for hydroxylation is 1. The largest absolute Gasteiger partial charge is 0.377 e. The van der Waals surface area contributed by atoms with Gasteiger partial charge in [0, 0.05) is 25.9 Å². The summed E-state index contributed by atoms with van der Waals surface area (Å²) in [5.74, 6) is 0.658. The van der Waals surface area contributed by atoms with Crippen molar-refractivity contribution in [3.8, 4) is 0 Å². The number of rotatable bonds is 32. The van der Waals surface area contributed by atoms with Crippen molar-refractivity contribution in [1.82, 2.24) is 31.3 Å². The van der Waals surface area contributed by atoms with Crippen molar-refractivity contribution in [3.05, 3.63) is 5.82 Å². The Kier molecular flexibility index (Phi) is 26.8. The van der Waals surface area contributed by atoms with Gasteiger partial charge in [0.25, 0.3) is 0 Å². The van der Waals surface area contributed by atoms with Crippen LogP contribution in [0.1, 0.15) is 95.7 Å². The second-order valence-corrected chi connectivity index (χ2v) is 10.1. The normalized spacial score (nSPS) is 11.0. The summed E-state index contributed by atoms with van der Waals surface area (Å²) in [5.41, 5.74) is 0. The molecule has 0 aromatic carbocycles. The van der Waals surface area contributed by atoms with Crippen LogP contribution in [0.3, 0.4) is 0 Å². The van der Waals surface area contributed by atoms with Crippen molar-refractivity contribution in [3.63, 3.8) is 0 Å². The Hall–Kier alpha value is -2.48. The van der Waals surface area contributed by atoms with Crippen LogP contribution in [0, 0.1) is 0 Å². The summed E-state index contributed by atoms with van der Waals surface area (Å²) in [4.78, 5) is 33.7. The molecule has 1 rings (SSSR count). The first-order chi connectivity index (χ1) is 20.7. The highest BCUT2D eigenvalue weighted by Crippen LogP contribution is 2.13. The Morgan fingerprint density at radius 1 is 0.643 bits per heavy atom. The van der Waals surface area contributed by atoms with E-state index < -0.39 is 0 Å². The first-order valence-electron chi connectivity index (χ1n) is 15.7. The lowest BCUT2D eigenvalue weighted by molar-refractivity contribution is -0.126. The van der Waals surface area contributed by atoms with E-state index in [1.54, 1.807) is 0 Å². The maximum Gasteiger partial charge on any atom is 0.246 e. The van der Waals surface area contributed by atoms with E-state index in [4.69, 9.17) is 18.9 Å². The highest BCUT2D eigenvalue weighted by molar-refractivity contribution is 5.77. The van der Waals surface area contributed by atoms with Gasteiger partial charge >= 0.3 is 0 Å². The molecule has 0 bridgehead atoms. The number of tetrazole rings is 1. The second kappa shape index (κ2) is 30.0. The zero-order valence-corrected chi connectivity index (χ0v) is 25.5. The van der Waals surface area contributed by atoms with Gasteiger partial charge in [-0.3, -0.25) is 9.59 Å². The molecule has 0 saturated carbocycles. The van der Waals surface area contributed by atoms with Gasteiger partial charge in [0.1, 0.15) is 19.5 Å². The van der Waals surface area contributed by atoms with Crippen LogP contribution in [0.4, 0.5) is 0 Å². The van der Waals surface area contributed by atoms with Crippen molar-refractivity contribution >= 4 is 18.1 Å². The first-order valence-corrected chi connectivity index (χ1v) is 15.7. The number of aromatic amines is 1. The van der Waals surface area contributed by atoms with E-state index in [0.717, 1.165) is 31.5 Å². The minimum Gasteiger partial charge on any atom is -0.377 e. The van der Waals surface area contributed by atoms with Crippen molar-refractivity contribution in [1.29, 1.82) is 0 Å². The fourth-order valence-corrected chi connectivity index (χ4v) is 4.20. The number of hydrogen-bond acceptors (Lipinski definition) is 10. The summed E-state index contributed by atoms with van der Waals surface area (Å²) >= 11 is 0. The molecular weight excluding hydrogens is 544 g/mol. The summed E-state index contributed by atoms with van der Waals surface area (Å²) in [6.45, 7) is 3.00. The maximum absolute atomic E-state index is 11.9. The molecule has 1 aromatic rings. The highest BCUT2D eigenvalue weighted by atomic mass is 16.5. The number of aromatic nitrogens is 4. The number of carbonyl (C=O) groups is 3. The van der Waals surface area contributed by atoms with Crippen LogP contribution in [-0.4, -0.2) is 105 Å². The van der Waals surface area contributed by atoms with Gasteiger partial charge in [-0.15, -0.1) is 10.2 Å². The van der Waals surface area contributed by atoms with Crippen LogP contribution < -0.4 is 10.6 Å². The molecule has 0 unspecified atom stereocenters. The highest BCUT2D eigenvalue weighted by Gasteiger charge is 2.03. The van der Waals surface area contributed by atoms with Crippen molar-refractivity contribution in [2.75, 3.05) is 65.9 Å². The Balaban J connectivity index is 1.71. The molecule has 0 aliphatic heterocycles. The van der Waals surface area contributed by atoms with Gasteiger partial charge in [-0.1, -0.05) is 75.8 Å². The third kappa shape index (κ3) is 26.4. The zero-order chi connectivity index (χ0) is 30.2. The first kappa shape index (κ1) is 37.5. The molecular formula is C29H54N6O7. The minimum atomic E-state index is -0.227. The lowest BCUT2D eigenvalue weighted by Gasteiger charge is -2.08. The van der Waals surface area contributed by atoms with Gasteiger partial charge in [-0.25, -0.2) is 0 Å². The van der Waals surface area contributed by atoms with E-state index in [1.807, 2.05) is 0 Å². The van der Waals surface area contributed by atoms with Gasteiger partial charge in [0.15, 0.2) is 5.82 Å². The Labute approximate surface area is 250 Å². The number of nitrogens with zero attached hydrogens (tertiary/aromatic N) is 3. The molecule has 0 aliphatic carbocycles. The summed E-state index contributed by atoms with van der Waals surface area (Å²) in [5, 5.41) is 19.6. The topological polar surface area (TPSA) is 167 Å². The van der Waals surface area contributed by atoms with Crippen molar-refractivity contribution in [2.24, 2.45) is 0 Å². The monoisotopic (exact) mass is 598 g/mol. The molecule has 0 atom stereocenters. The molecule has 1 heterocycles. The van der Waals surface area contributed by atoms with Crippen LogP contribution >= 0.6 is 0 Å². The van der Waals surface area contributed by atoms with Gasteiger partial charge in [0.05, 0.1) is 39.6 Å². The fourth-order valence-electron chi connectivity index (χ4n) is 4.20. The standard InChI is InChI=1S/C29H54N6O7/c36-18-21-41-23-22-39-20-17-31-29(38)26-42-25-24-40-19-16-30-28(37)15-13-11-9-7-5-3-1-2-4-6-8-10-12-14-27-32-34-35-33-27/h18H,1-17,19-26H2,(H,30,37)(H,31,38)(H,32,33,34,35). The Bertz CT molecular complexity index is 755. The van der Waals surface area contributed by atoms with Crippen LogP contribution in [0.2, 0.25) is 0 Å².